The van der Waals surface area contributed by atoms with E-state index in [1.807, 2.05) is 26.0 Å². The predicted octanol–water partition coefficient (Wildman–Crippen LogP) is 4.19. The zero-order chi connectivity index (χ0) is 18.8. The predicted molar refractivity (Wildman–Crippen MR) is 104 cm³/mol. The fourth-order valence-corrected chi connectivity index (χ4v) is 4.18. The molecular formula is C19H21ClN2O3S. The van der Waals surface area contributed by atoms with Gasteiger partial charge < -0.3 is 4.74 Å². The van der Waals surface area contributed by atoms with Gasteiger partial charge in [-0.15, -0.1) is 0 Å². The molecule has 1 aromatic rings. The summed E-state index contributed by atoms with van der Waals surface area (Å²) in [6, 6.07) is 6.67. The minimum atomic E-state index is -0.568. The highest BCUT2D eigenvalue weighted by atomic mass is 35.5. The summed E-state index contributed by atoms with van der Waals surface area (Å²) >= 11 is 7.70. The van der Waals surface area contributed by atoms with Crippen LogP contribution in [0.15, 0.2) is 40.5 Å². The molecule has 5 nitrogen and oxygen atoms in total. The van der Waals surface area contributed by atoms with E-state index in [0.29, 0.717) is 40.2 Å². The van der Waals surface area contributed by atoms with Crippen LogP contribution in [0.1, 0.15) is 38.8 Å². The summed E-state index contributed by atoms with van der Waals surface area (Å²) in [7, 11) is 0. The number of benzene rings is 1. The molecule has 0 radical (unpaired) electrons. The second-order valence-electron chi connectivity index (χ2n) is 6.71. The topological polar surface area (TPSA) is 59.0 Å². The molecule has 0 aromatic heterocycles. The maximum absolute atomic E-state index is 12.8. The third-order valence-corrected chi connectivity index (χ3v) is 5.33. The number of aliphatic imine (C=N–C) groups is 1. The van der Waals surface area contributed by atoms with E-state index in [4.69, 9.17) is 16.3 Å². The van der Waals surface area contributed by atoms with Crippen LogP contribution >= 0.6 is 23.4 Å². The van der Waals surface area contributed by atoms with E-state index < -0.39 is 12.0 Å². The van der Waals surface area contributed by atoms with Gasteiger partial charge in [0.15, 0.2) is 5.17 Å². The number of hydrogen-bond acceptors (Lipinski definition) is 5. The summed E-state index contributed by atoms with van der Waals surface area (Å²) < 4.78 is 5.47. The van der Waals surface area contributed by atoms with E-state index in [9.17, 15) is 9.59 Å². The van der Waals surface area contributed by atoms with Crippen molar-refractivity contribution in [2.45, 2.75) is 33.2 Å². The number of esters is 1. The molecule has 7 heteroatoms. The molecule has 2 aliphatic rings. The van der Waals surface area contributed by atoms with Crippen LogP contribution in [0.3, 0.4) is 0 Å². The minimum Gasteiger partial charge on any atom is -0.462 e. The lowest BCUT2D eigenvalue weighted by Gasteiger charge is -2.39. The first kappa shape index (κ1) is 19.0. The number of ether oxygens (including phenoxy) is 1. The fraction of sp³-hybridized carbons (Fsp3) is 0.421. The monoisotopic (exact) mass is 392 g/mol. The quantitative estimate of drug-likeness (QED) is 0.721. The smallest absolute Gasteiger partial charge is 0.338 e. The highest BCUT2D eigenvalue weighted by Crippen LogP contribution is 2.40. The molecule has 0 aliphatic carbocycles. The number of carbonyl (C=O) groups is 2. The number of halogens is 1. The van der Waals surface area contributed by atoms with Gasteiger partial charge >= 0.3 is 5.97 Å². The van der Waals surface area contributed by atoms with Crippen LogP contribution in [0.4, 0.5) is 0 Å². The Hall–Kier alpha value is -1.79. The third kappa shape index (κ3) is 3.81. The summed E-state index contributed by atoms with van der Waals surface area (Å²) in [4.78, 5) is 31.6. The average Bonchev–Trinajstić information content (AvgIpc) is 2.58. The SMILES string of the molecule is CC1=C(C(=O)OCC(C)C)C(c2cccc(Cl)c2)N2C(=O)CCSC2=N1. The van der Waals surface area contributed by atoms with Gasteiger partial charge in [-0.05, 0) is 30.5 Å². The van der Waals surface area contributed by atoms with Crippen LogP contribution in [-0.4, -0.2) is 34.3 Å². The van der Waals surface area contributed by atoms with Gasteiger partial charge in [-0.1, -0.05) is 49.3 Å². The van der Waals surface area contributed by atoms with Gasteiger partial charge in [0, 0.05) is 17.2 Å². The van der Waals surface area contributed by atoms with E-state index in [-0.39, 0.29) is 11.8 Å². The molecule has 3 rings (SSSR count). The highest BCUT2D eigenvalue weighted by Gasteiger charge is 2.41. The molecule has 1 saturated heterocycles. The highest BCUT2D eigenvalue weighted by molar-refractivity contribution is 8.14. The van der Waals surface area contributed by atoms with E-state index in [2.05, 4.69) is 4.99 Å². The van der Waals surface area contributed by atoms with Crippen molar-refractivity contribution in [3.05, 3.63) is 46.1 Å². The molecule has 2 aliphatic heterocycles. The van der Waals surface area contributed by atoms with Crippen molar-refractivity contribution in [2.75, 3.05) is 12.4 Å². The molecule has 1 atom stereocenters. The number of amides is 1. The Morgan fingerprint density at radius 2 is 2.23 bits per heavy atom. The summed E-state index contributed by atoms with van der Waals surface area (Å²) in [5.74, 6) is 0.428. The Kier molecular flexibility index (Phi) is 5.73. The van der Waals surface area contributed by atoms with E-state index in [1.54, 1.807) is 24.0 Å². The van der Waals surface area contributed by atoms with Gasteiger partial charge in [0.25, 0.3) is 0 Å². The van der Waals surface area contributed by atoms with Gasteiger partial charge in [-0.3, -0.25) is 9.69 Å². The number of fused-ring (bicyclic) bond motifs is 1. The lowest BCUT2D eigenvalue weighted by Crippen LogP contribution is -2.45. The summed E-state index contributed by atoms with van der Waals surface area (Å²) in [6.45, 7) is 6.06. The zero-order valence-corrected chi connectivity index (χ0v) is 16.6. The van der Waals surface area contributed by atoms with Crippen molar-refractivity contribution in [1.29, 1.82) is 0 Å². The van der Waals surface area contributed by atoms with Crippen molar-refractivity contribution in [1.82, 2.24) is 4.90 Å². The molecule has 138 valence electrons. The second kappa shape index (κ2) is 7.84. The van der Waals surface area contributed by atoms with Crippen LogP contribution in [0.5, 0.6) is 0 Å². The summed E-state index contributed by atoms with van der Waals surface area (Å²) in [5, 5.41) is 1.18. The van der Waals surface area contributed by atoms with Gasteiger partial charge in [0.1, 0.15) is 0 Å². The van der Waals surface area contributed by atoms with Gasteiger partial charge in [-0.25, -0.2) is 9.79 Å². The Morgan fingerprint density at radius 3 is 2.92 bits per heavy atom. The van der Waals surface area contributed by atoms with E-state index in [1.165, 1.54) is 11.8 Å². The number of amidine groups is 1. The number of rotatable bonds is 4. The Balaban J connectivity index is 2.08. The number of thioether (sulfide) groups is 1. The molecule has 1 aromatic carbocycles. The first-order valence-corrected chi connectivity index (χ1v) is 9.91. The van der Waals surface area contributed by atoms with Crippen LogP contribution in [0.2, 0.25) is 5.02 Å². The fourth-order valence-electron chi connectivity index (χ4n) is 2.97. The lowest BCUT2D eigenvalue weighted by molar-refractivity contribution is -0.141. The van der Waals surface area contributed by atoms with E-state index >= 15 is 0 Å². The number of hydrogen-bond donors (Lipinski definition) is 0. The molecule has 1 amide bonds. The number of nitrogens with zero attached hydrogens (tertiary/aromatic N) is 2. The molecular weight excluding hydrogens is 372 g/mol. The molecule has 26 heavy (non-hydrogen) atoms. The third-order valence-electron chi connectivity index (χ3n) is 4.14. The number of carbonyl (C=O) groups excluding carboxylic acids is 2. The standard InChI is InChI=1S/C19H21ClN2O3S/c1-11(2)10-25-18(24)16-12(3)21-19-22(15(23)7-8-26-19)17(16)13-5-4-6-14(20)9-13/h4-6,9,11,17H,7-8,10H2,1-3H3. The van der Waals surface area contributed by atoms with Crippen LogP contribution in [0, 0.1) is 5.92 Å². The lowest BCUT2D eigenvalue weighted by atomic mass is 9.94. The Bertz CT molecular complexity index is 804. The molecule has 1 unspecified atom stereocenters. The normalized spacial score (nSPS) is 20.2. The molecule has 0 spiro atoms. The van der Waals surface area contributed by atoms with Crippen molar-refractivity contribution in [3.8, 4) is 0 Å². The largest absolute Gasteiger partial charge is 0.462 e. The minimum absolute atomic E-state index is 0.0471. The maximum atomic E-state index is 12.8. The summed E-state index contributed by atoms with van der Waals surface area (Å²) in [6.07, 6.45) is 0.411. The average molecular weight is 393 g/mol. The maximum Gasteiger partial charge on any atom is 0.338 e. The van der Waals surface area contributed by atoms with Crippen LogP contribution in [-0.2, 0) is 14.3 Å². The van der Waals surface area contributed by atoms with Crippen molar-refractivity contribution in [3.63, 3.8) is 0 Å². The number of allylic oxidation sites excluding steroid dienone is 1. The molecule has 0 N–H and O–H groups in total. The molecule has 0 bridgehead atoms. The van der Waals surface area contributed by atoms with Gasteiger partial charge in [0.2, 0.25) is 5.91 Å². The van der Waals surface area contributed by atoms with Crippen molar-refractivity contribution >= 4 is 40.4 Å². The molecule has 1 fully saturated rings. The Labute approximate surface area is 162 Å². The van der Waals surface area contributed by atoms with E-state index in [0.717, 1.165) is 5.56 Å². The summed E-state index contributed by atoms with van der Waals surface area (Å²) in [5.41, 5.74) is 1.75. The van der Waals surface area contributed by atoms with Crippen molar-refractivity contribution in [2.24, 2.45) is 10.9 Å². The Morgan fingerprint density at radius 1 is 1.46 bits per heavy atom. The molecule has 0 saturated carbocycles. The van der Waals surface area contributed by atoms with Gasteiger partial charge in [-0.2, -0.15) is 0 Å². The van der Waals surface area contributed by atoms with Gasteiger partial charge in [0.05, 0.1) is 23.9 Å². The van der Waals surface area contributed by atoms with Crippen LogP contribution in [0.25, 0.3) is 0 Å². The van der Waals surface area contributed by atoms with Crippen LogP contribution < -0.4 is 0 Å². The zero-order valence-electron chi connectivity index (χ0n) is 15.0. The molecule has 2 heterocycles. The first-order chi connectivity index (χ1) is 12.4. The first-order valence-electron chi connectivity index (χ1n) is 8.55. The van der Waals surface area contributed by atoms with Crippen molar-refractivity contribution < 1.29 is 14.3 Å². The second-order valence-corrected chi connectivity index (χ2v) is 8.20.